The third-order valence-corrected chi connectivity index (χ3v) is 3.01. The average molecular weight is 242 g/mol. The van der Waals surface area contributed by atoms with Gasteiger partial charge in [0, 0.05) is 22.6 Å². The van der Waals surface area contributed by atoms with Crippen molar-refractivity contribution in [1.82, 2.24) is 4.98 Å². The highest BCUT2D eigenvalue weighted by atomic mass is 35.7. The Morgan fingerprint density at radius 2 is 2.07 bits per heavy atom. The monoisotopic (exact) mass is 241 g/mol. The number of rotatable bonds is 2. The largest absolute Gasteiger partial charge is 0.266 e. The van der Waals surface area contributed by atoms with Crippen LogP contribution in [0.3, 0.4) is 0 Å². The molecule has 0 aromatic carbocycles. The normalized spacial score (nSPS) is 12.1. The molecule has 0 atom stereocenters. The van der Waals surface area contributed by atoms with Crippen molar-refractivity contribution < 1.29 is 17.2 Å². The van der Waals surface area contributed by atoms with Crippen LogP contribution in [-0.2, 0) is 9.05 Å². The van der Waals surface area contributed by atoms with Gasteiger partial charge in [-0.05, 0) is 13.0 Å². The number of aromatic nitrogens is 1. The molecule has 1 rings (SSSR count). The Hall–Kier alpha value is -0.750. The molecule has 14 heavy (non-hydrogen) atoms. The van der Waals surface area contributed by atoms with Crippen LogP contribution in [-0.4, -0.2) is 13.4 Å². The van der Waals surface area contributed by atoms with Crippen molar-refractivity contribution >= 4 is 19.7 Å². The van der Waals surface area contributed by atoms with Gasteiger partial charge in [0.15, 0.2) is 0 Å². The van der Waals surface area contributed by atoms with E-state index in [1.54, 1.807) is 0 Å². The van der Waals surface area contributed by atoms with Crippen molar-refractivity contribution in [2.45, 2.75) is 18.2 Å². The molecule has 0 amide bonds. The second-order valence-corrected chi connectivity index (χ2v) is 5.08. The lowest BCUT2D eigenvalue weighted by Crippen LogP contribution is -2.02. The number of hydrogen-bond acceptors (Lipinski definition) is 3. The van der Waals surface area contributed by atoms with Gasteiger partial charge in [-0.25, -0.2) is 17.2 Å². The summed E-state index contributed by atoms with van der Waals surface area (Å²) in [6.45, 7) is 1.30. The molecule has 0 saturated heterocycles. The fourth-order valence-electron chi connectivity index (χ4n) is 1.03. The van der Waals surface area contributed by atoms with Crippen LogP contribution >= 0.6 is 10.7 Å². The second kappa shape index (κ2) is 3.78. The van der Waals surface area contributed by atoms with Crippen molar-refractivity contribution in [3.8, 4) is 0 Å². The molecule has 0 bridgehead atoms. The van der Waals surface area contributed by atoms with Crippen molar-refractivity contribution in [3.63, 3.8) is 0 Å². The molecule has 1 aromatic heterocycles. The molecule has 0 aliphatic carbocycles. The summed E-state index contributed by atoms with van der Waals surface area (Å²) in [5.74, 6) is 0. The lowest BCUT2D eigenvalue weighted by Gasteiger charge is -2.07. The summed E-state index contributed by atoms with van der Waals surface area (Å²) < 4.78 is 46.7. The summed E-state index contributed by atoms with van der Waals surface area (Å²) in [6.07, 6.45) is -1.79. The minimum atomic E-state index is -4.15. The number of aryl methyl sites for hydroxylation is 1. The van der Waals surface area contributed by atoms with Crippen LogP contribution < -0.4 is 0 Å². The van der Waals surface area contributed by atoms with E-state index >= 15 is 0 Å². The van der Waals surface area contributed by atoms with Crippen LogP contribution in [0.1, 0.15) is 17.7 Å². The maximum absolute atomic E-state index is 12.5. The Kier molecular flexibility index (Phi) is 3.06. The van der Waals surface area contributed by atoms with E-state index < -0.39 is 25.9 Å². The van der Waals surface area contributed by atoms with Gasteiger partial charge in [0.1, 0.15) is 0 Å². The average Bonchev–Trinajstić information content (AvgIpc) is 2.01. The number of pyridine rings is 1. The second-order valence-electron chi connectivity index (χ2n) is 2.55. The lowest BCUT2D eigenvalue weighted by atomic mass is 10.2. The zero-order valence-electron chi connectivity index (χ0n) is 7.04. The highest BCUT2D eigenvalue weighted by Crippen LogP contribution is 2.29. The van der Waals surface area contributed by atoms with Crippen molar-refractivity contribution in [2.24, 2.45) is 0 Å². The summed E-state index contributed by atoms with van der Waals surface area (Å²) in [5, 5.41) is 0. The molecule has 1 aromatic rings. The summed E-state index contributed by atoms with van der Waals surface area (Å²) >= 11 is 0. The molecule has 0 unspecified atom stereocenters. The zero-order valence-corrected chi connectivity index (χ0v) is 8.61. The molecule has 0 saturated carbocycles. The van der Waals surface area contributed by atoms with E-state index in [2.05, 4.69) is 4.98 Å². The molecule has 0 fully saturated rings. The van der Waals surface area contributed by atoms with Crippen LogP contribution in [0.2, 0.25) is 0 Å². The highest BCUT2D eigenvalue weighted by Gasteiger charge is 2.23. The quantitative estimate of drug-likeness (QED) is 0.746. The predicted molar refractivity (Wildman–Crippen MR) is 47.0 cm³/mol. The molecule has 0 aliphatic rings. The van der Waals surface area contributed by atoms with E-state index in [1.807, 2.05) is 0 Å². The van der Waals surface area contributed by atoms with Gasteiger partial charge in [-0.3, -0.25) is 4.98 Å². The molecule has 3 nitrogen and oxygen atoms in total. The molecule has 78 valence electrons. The van der Waals surface area contributed by atoms with E-state index in [-0.39, 0.29) is 5.69 Å². The summed E-state index contributed by atoms with van der Waals surface area (Å²) in [6, 6.07) is 0.955. The van der Waals surface area contributed by atoms with Gasteiger partial charge in [-0.2, -0.15) is 0 Å². The van der Waals surface area contributed by atoms with Gasteiger partial charge in [0.25, 0.3) is 15.5 Å². The Bertz CT molecular complexity index is 447. The van der Waals surface area contributed by atoms with Crippen LogP contribution in [0, 0.1) is 6.92 Å². The topological polar surface area (TPSA) is 47.0 Å². The fourth-order valence-corrected chi connectivity index (χ4v) is 2.16. The molecule has 0 spiro atoms. The Morgan fingerprint density at radius 3 is 2.43 bits per heavy atom. The number of halogens is 3. The molecular formula is C7H6ClF2NO2S. The van der Waals surface area contributed by atoms with Gasteiger partial charge < -0.3 is 0 Å². The first-order chi connectivity index (χ1) is 6.34. The number of alkyl halides is 2. The Balaban J connectivity index is 3.52. The van der Waals surface area contributed by atoms with E-state index in [1.165, 1.54) is 6.92 Å². The summed E-state index contributed by atoms with van der Waals surface area (Å²) in [7, 11) is 0.842. The summed E-state index contributed by atoms with van der Waals surface area (Å²) in [4.78, 5) is 2.99. The highest BCUT2D eigenvalue weighted by molar-refractivity contribution is 8.13. The number of nitrogens with zero attached hydrogens (tertiary/aromatic N) is 1. The van der Waals surface area contributed by atoms with Crippen LogP contribution in [0.15, 0.2) is 17.2 Å². The molecule has 0 aliphatic heterocycles. The van der Waals surface area contributed by atoms with Gasteiger partial charge in [-0.15, -0.1) is 0 Å². The molecule has 0 N–H and O–H groups in total. The first-order valence-electron chi connectivity index (χ1n) is 3.52. The van der Waals surface area contributed by atoms with E-state index in [4.69, 9.17) is 10.7 Å². The molecular weight excluding hydrogens is 236 g/mol. The third kappa shape index (κ3) is 2.19. The Labute approximate surface area is 84.1 Å². The van der Waals surface area contributed by atoms with E-state index in [0.29, 0.717) is 0 Å². The van der Waals surface area contributed by atoms with Crippen molar-refractivity contribution in [1.29, 1.82) is 0 Å². The lowest BCUT2D eigenvalue weighted by molar-refractivity contribution is 0.146. The fraction of sp³-hybridized carbons (Fsp3) is 0.286. The third-order valence-electron chi connectivity index (χ3n) is 1.63. The predicted octanol–water partition coefficient (Wildman–Crippen LogP) is 2.26. The first-order valence-corrected chi connectivity index (χ1v) is 5.83. The summed E-state index contributed by atoms with van der Waals surface area (Å²) in [5.41, 5.74) is -0.677. The zero-order chi connectivity index (χ0) is 10.9. The van der Waals surface area contributed by atoms with Gasteiger partial charge in [0.2, 0.25) is 0 Å². The Morgan fingerprint density at radius 1 is 1.50 bits per heavy atom. The molecule has 7 heteroatoms. The van der Waals surface area contributed by atoms with Crippen LogP contribution in [0.25, 0.3) is 0 Å². The maximum atomic E-state index is 12.5. The minimum absolute atomic E-state index is 0.0401. The first kappa shape index (κ1) is 11.3. The molecule has 1 heterocycles. The SMILES string of the molecule is Cc1nccc(S(=O)(=O)Cl)c1C(F)F. The van der Waals surface area contributed by atoms with E-state index in [9.17, 15) is 17.2 Å². The van der Waals surface area contributed by atoms with Crippen LogP contribution in [0.4, 0.5) is 8.78 Å². The van der Waals surface area contributed by atoms with Gasteiger partial charge in [-0.1, -0.05) is 0 Å². The molecule has 0 radical (unpaired) electrons. The standard InChI is InChI=1S/C7H6ClF2NO2S/c1-4-6(7(9)10)5(2-3-11-4)14(8,12)13/h2-3,7H,1H3. The van der Waals surface area contributed by atoms with E-state index in [0.717, 1.165) is 12.3 Å². The number of hydrogen-bond donors (Lipinski definition) is 0. The van der Waals surface area contributed by atoms with Crippen molar-refractivity contribution in [2.75, 3.05) is 0 Å². The minimum Gasteiger partial charge on any atom is -0.261 e. The maximum Gasteiger partial charge on any atom is 0.266 e. The van der Waals surface area contributed by atoms with Crippen LogP contribution in [0.5, 0.6) is 0 Å². The van der Waals surface area contributed by atoms with Crippen molar-refractivity contribution in [3.05, 3.63) is 23.5 Å². The van der Waals surface area contributed by atoms with Gasteiger partial charge in [0.05, 0.1) is 10.5 Å². The van der Waals surface area contributed by atoms with Gasteiger partial charge >= 0.3 is 0 Å². The smallest absolute Gasteiger partial charge is 0.261 e.